The molecular weight excluding hydrogens is 170 g/mol. The van der Waals surface area contributed by atoms with Crippen LogP contribution in [0.15, 0.2) is 0 Å². The van der Waals surface area contributed by atoms with E-state index in [1.807, 2.05) is 13.8 Å². The summed E-state index contributed by atoms with van der Waals surface area (Å²) in [5.74, 6) is -0.757. The number of carboxylic acid groups (broad SMARTS) is 1. The fourth-order valence-electron chi connectivity index (χ4n) is 1.45. The summed E-state index contributed by atoms with van der Waals surface area (Å²) in [4.78, 5) is 10.6. The minimum absolute atomic E-state index is 0.212. The number of aliphatic carboxylic acids is 1. The molecule has 4 nitrogen and oxygen atoms in total. The molecular formula is C9H17NO3. The average Bonchev–Trinajstić information content (AvgIpc) is 2.48. The lowest BCUT2D eigenvalue weighted by Gasteiger charge is -2.14. The monoisotopic (exact) mass is 187 g/mol. The summed E-state index contributed by atoms with van der Waals surface area (Å²) in [5.41, 5.74) is 0. The topological polar surface area (TPSA) is 58.6 Å². The highest BCUT2D eigenvalue weighted by Crippen LogP contribution is 2.13. The molecule has 0 aromatic heterocycles. The van der Waals surface area contributed by atoms with Gasteiger partial charge in [0.2, 0.25) is 0 Å². The molecule has 0 aromatic rings. The highest BCUT2D eigenvalue weighted by atomic mass is 16.5. The Labute approximate surface area is 78.3 Å². The zero-order valence-corrected chi connectivity index (χ0v) is 8.12. The summed E-state index contributed by atoms with van der Waals surface area (Å²) in [5, 5.41) is 11.7. The van der Waals surface area contributed by atoms with Crippen LogP contribution in [0.1, 0.15) is 26.7 Å². The molecule has 1 rings (SSSR count). The van der Waals surface area contributed by atoms with E-state index in [0.29, 0.717) is 13.0 Å². The molecule has 1 aliphatic heterocycles. The molecule has 0 aliphatic carbocycles. The van der Waals surface area contributed by atoms with Crippen molar-refractivity contribution in [2.24, 2.45) is 0 Å². The van der Waals surface area contributed by atoms with Crippen molar-refractivity contribution in [2.45, 2.75) is 44.9 Å². The zero-order chi connectivity index (χ0) is 9.84. The van der Waals surface area contributed by atoms with Crippen molar-refractivity contribution in [3.05, 3.63) is 0 Å². The van der Waals surface area contributed by atoms with E-state index in [1.54, 1.807) is 0 Å². The fourth-order valence-corrected chi connectivity index (χ4v) is 1.45. The molecule has 13 heavy (non-hydrogen) atoms. The van der Waals surface area contributed by atoms with Crippen LogP contribution in [0, 0.1) is 0 Å². The lowest BCUT2D eigenvalue weighted by molar-refractivity contribution is -0.139. The van der Waals surface area contributed by atoms with Gasteiger partial charge < -0.3 is 9.84 Å². The smallest absolute Gasteiger partial charge is 0.320 e. The predicted octanol–water partition coefficient (Wildman–Crippen LogP) is 0.617. The van der Waals surface area contributed by atoms with E-state index in [1.165, 1.54) is 0 Å². The molecule has 0 amide bonds. The van der Waals surface area contributed by atoms with Crippen molar-refractivity contribution < 1.29 is 14.6 Å². The molecule has 4 heteroatoms. The third-order valence-electron chi connectivity index (χ3n) is 2.17. The van der Waals surface area contributed by atoms with E-state index in [9.17, 15) is 4.79 Å². The van der Waals surface area contributed by atoms with Crippen molar-refractivity contribution in [3.63, 3.8) is 0 Å². The zero-order valence-electron chi connectivity index (χ0n) is 8.12. The maximum Gasteiger partial charge on any atom is 0.320 e. The van der Waals surface area contributed by atoms with Crippen LogP contribution in [-0.4, -0.2) is 35.9 Å². The summed E-state index contributed by atoms with van der Waals surface area (Å²) in [7, 11) is 0. The molecule has 1 aliphatic rings. The Morgan fingerprint density at radius 2 is 2.31 bits per heavy atom. The van der Waals surface area contributed by atoms with Gasteiger partial charge in [-0.05, 0) is 26.7 Å². The van der Waals surface area contributed by atoms with E-state index in [0.717, 1.165) is 6.42 Å². The average molecular weight is 187 g/mol. The van der Waals surface area contributed by atoms with E-state index in [2.05, 4.69) is 5.32 Å². The first-order valence-electron chi connectivity index (χ1n) is 4.70. The Hall–Kier alpha value is -0.610. The molecule has 2 atom stereocenters. The second kappa shape index (κ2) is 4.58. The summed E-state index contributed by atoms with van der Waals surface area (Å²) in [6.45, 7) is 4.56. The standard InChI is InChI=1S/C9H17NO3/c1-6(2)13-5-7-3-4-8(10-7)9(11)12/h6-8,10H,3-5H2,1-2H3,(H,11,12). The van der Waals surface area contributed by atoms with Gasteiger partial charge in [-0.1, -0.05) is 0 Å². The van der Waals surface area contributed by atoms with Crippen molar-refractivity contribution in [3.8, 4) is 0 Å². The second-order valence-electron chi connectivity index (χ2n) is 3.71. The first-order valence-corrected chi connectivity index (χ1v) is 4.70. The molecule has 2 unspecified atom stereocenters. The number of carboxylic acids is 1. The minimum atomic E-state index is -0.757. The quantitative estimate of drug-likeness (QED) is 0.677. The summed E-state index contributed by atoms with van der Waals surface area (Å²) >= 11 is 0. The van der Waals surface area contributed by atoms with Gasteiger partial charge in [0.25, 0.3) is 0 Å². The van der Waals surface area contributed by atoms with Gasteiger partial charge in [-0.15, -0.1) is 0 Å². The summed E-state index contributed by atoms with van der Waals surface area (Å²) in [6, 6.07) is -0.163. The molecule has 1 heterocycles. The normalized spacial score (nSPS) is 28.2. The molecule has 0 radical (unpaired) electrons. The Morgan fingerprint density at radius 1 is 1.62 bits per heavy atom. The van der Waals surface area contributed by atoms with Gasteiger partial charge in [0.05, 0.1) is 12.7 Å². The highest BCUT2D eigenvalue weighted by molar-refractivity contribution is 5.73. The minimum Gasteiger partial charge on any atom is -0.480 e. The van der Waals surface area contributed by atoms with Crippen molar-refractivity contribution in [1.29, 1.82) is 0 Å². The van der Waals surface area contributed by atoms with E-state index in [-0.39, 0.29) is 18.2 Å². The maximum atomic E-state index is 10.6. The Balaban J connectivity index is 2.21. The molecule has 1 saturated heterocycles. The lowest BCUT2D eigenvalue weighted by Crippen LogP contribution is -2.37. The maximum absolute atomic E-state index is 10.6. The van der Waals surface area contributed by atoms with Crippen LogP contribution in [0.3, 0.4) is 0 Å². The van der Waals surface area contributed by atoms with Gasteiger partial charge in [-0.3, -0.25) is 10.1 Å². The molecule has 0 aromatic carbocycles. The third kappa shape index (κ3) is 3.32. The van der Waals surface area contributed by atoms with Gasteiger partial charge >= 0.3 is 5.97 Å². The number of hydrogen-bond donors (Lipinski definition) is 2. The van der Waals surface area contributed by atoms with Gasteiger partial charge in [0, 0.05) is 6.04 Å². The van der Waals surface area contributed by atoms with Crippen molar-refractivity contribution >= 4 is 5.97 Å². The van der Waals surface area contributed by atoms with Crippen LogP contribution in [-0.2, 0) is 9.53 Å². The summed E-state index contributed by atoms with van der Waals surface area (Å²) in [6.07, 6.45) is 1.82. The summed E-state index contributed by atoms with van der Waals surface area (Å²) < 4.78 is 5.40. The molecule has 76 valence electrons. The van der Waals surface area contributed by atoms with Gasteiger partial charge in [-0.25, -0.2) is 0 Å². The lowest BCUT2D eigenvalue weighted by atomic mass is 10.2. The number of carbonyl (C=O) groups is 1. The van der Waals surface area contributed by atoms with Crippen LogP contribution >= 0.6 is 0 Å². The number of rotatable bonds is 4. The van der Waals surface area contributed by atoms with Gasteiger partial charge in [0.1, 0.15) is 6.04 Å². The van der Waals surface area contributed by atoms with E-state index >= 15 is 0 Å². The van der Waals surface area contributed by atoms with E-state index < -0.39 is 5.97 Å². The predicted molar refractivity (Wildman–Crippen MR) is 48.7 cm³/mol. The van der Waals surface area contributed by atoms with Crippen LogP contribution in [0.4, 0.5) is 0 Å². The Kier molecular flexibility index (Phi) is 3.69. The molecule has 0 spiro atoms. The molecule has 0 saturated carbocycles. The SMILES string of the molecule is CC(C)OCC1CCC(C(=O)O)N1. The van der Waals surface area contributed by atoms with Gasteiger partial charge in [0.15, 0.2) is 0 Å². The van der Waals surface area contributed by atoms with Gasteiger partial charge in [-0.2, -0.15) is 0 Å². The van der Waals surface area contributed by atoms with Crippen LogP contribution in [0.2, 0.25) is 0 Å². The third-order valence-corrected chi connectivity index (χ3v) is 2.17. The van der Waals surface area contributed by atoms with E-state index in [4.69, 9.17) is 9.84 Å². The van der Waals surface area contributed by atoms with Crippen LogP contribution in [0.25, 0.3) is 0 Å². The van der Waals surface area contributed by atoms with Crippen molar-refractivity contribution in [2.75, 3.05) is 6.61 Å². The Morgan fingerprint density at radius 3 is 2.77 bits per heavy atom. The Bertz CT molecular complexity index is 182. The largest absolute Gasteiger partial charge is 0.480 e. The first-order chi connectivity index (χ1) is 6.09. The number of hydrogen-bond acceptors (Lipinski definition) is 3. The fraction of sp³-hybridized carbons (Fsp3) is 0.889. The second-order valence-corrected chi connectivity index (χ2v) is 3.71. The van der Waals surface area contributed by atoms with Crippen LogP contribution < -0.4 is 5.32 Å². The molecule has 2 N–H and O–H groups in total. The molecule has 0 bridgehead atoms. The van der Waals surface area contributed by atoms with Crippen LogP contribution in [0.5, 0.6) is 0 Å². The number of nitrogens with one attached hydrogen (secondary N) is 1. The highest BCUT2D eigenvalue weighted by Gasteiger charge is 2.28. The van der Waals surface area contributed by atoms with Crippen molar-refractivity contribution in [1.82, 2.24) is 5.32 Å². The number of ether oxygens (including phenoxy) is 1. The molecule has 1 fully saturated rings. The first kappa shape index (κ1) is 10.5.